The van der Waals surface area contributed by atoms with E-state index in [1.807, 2.05) is 0 Å². The normalized spacial score (nSPS) is 10.4. The summed E-state index contributed by atoms with van der Waals surface area (Å²) < 4.78 is 0. The molecular formula is C10H6Cl3N3OS. The Morgan fingerprint density at radius 1 is 1.28 bits per heavy atom. The summed E-state index contributed by atoms with van der Waals surface area (Å²) in [5, 5.41) is 5.32. The number of hydrogen-bond donors (Lipinski definition) is 2. The molecule has 0 saturated heterocycles. The predicted octanol–water partition coefficient (Wildman–Crippen LogP) is 3.94. The molecule has 94 valence electrons. The van der Waals surface area contributed by atoms with Gasteiger partial charge in [0.25, 0.3) is 5.91 Å². The fourth-order valence-electron chi connectivity index (χ4n) is 1.23. The van der Waals surface area contributed by atoms with E-state index in [9.17, 15) is 4.79 Å². The van der Waals surface area contributed by atoms with Crippen molar-refractivity contribution in [2.75, 3.05) is 11.1 Å². The molecule has 1 amide bonds. The molecule has 1 heterocycles. The van der Waals surface area contributed by atoms with Crippen molar-refractivity contribution in [1.29, 1.82) is 0 Å². The van der Waals surface area contributed by atoms with E-state index in [0.29, 0.717) is 15.8 Å². The number of halogens is 3. The van der Waals surface area contributed by atoms with Crippen LogP contribution in [0.4, 0.5) is 10.8 Å². The van der Waals surface area contributed by atoms with Gasteiger partial charge >= 0.3 is 0 Å². The van der Waals surface area contributed by atoms with E-state index >= 15 is 0 Å². The maximum Gasteiger partial charge on any atom is 0.275 e. The molecule has 0 spiro atoms. The molecule has 18 heavy (non-hydrogen) atoms. The van der Waals surface area contributed by atoms with Crippen LogP contribution < -0.4 is 11.1 Å². The lowest BCUT2D eigenvalue weighted by atomic mass is 10.3. The van der Waals surface area contributed by atoms with Gasteiger partial charge in [-0.3, -0.25) is 4.79 Å². The first-order valence-electron chi connectivity index (χ1n) is 4.64. The number of amides is 1. The molecule has 0 saturated carbocycles. The molecule has 2 aromatic rings. The number of nitrogens with one attached hydrogen (secondary N) is 1. The van der Waals surface area contributed by atoms with Gasteiger partial charge in [-0.15, -0.1) is 11.3 Å². The lowest BCUT2D eigenvalue weighted by Crippen LogP contribution is -2.13. The summed E-state index contributed by atoms with van der Waals surface area (Å²) in [6.45, 7) is 0. The van der Waals surface area contributed by atoms with Gasteiger partial charge in [0.1, 0.15) is 5.69 Å². The molecule has 0 bridgehead atoms. The average Bonchev–Trinajstić information content (AvgIpc) is 2.70. The van der Waals surface area contributed by atoms with Crippen LogP contribution in [0.2, 0.25) is 15.1 Å². The van der Waals surface area contributed by atoms with Crippen molar-refractivity contribution in [3.63, 3.8) is 0 Å². The second kappa shape index (κ2) is 5.32. The minimum atomic E-state index is -0.436. The van der Waals surface area contributed by atoms with Crippen LogP contribution in [0, 0.1) is 0 Å². The SMILES string of the molecule is Nc1nc(C(=O)Nc2c(Cl)cc(Cl)cc2Cl)cs1. The maximum atomic E-state index is 11.8. The van der Waals surface area contributed by atoms with E-state index in [4.69, 9.17) is 40.5 Å². The highest BCUT2D eigenvalue weighted by Gasteiger charge is 2.14. The highest BCUT2D eigenvalue weighted by molar-refractivity contribution is 7.13. The van der Waals surface area contributed by atoms with Crippen molar-refractivity contribution in [1.82, 2.24) is 4.98 Å². The fraction of sp³-hybridized carbons (Fsp3) is 0. The number of carbonyl (C=O) groups is 1. The minimum absolute atomic E-state index is 0.208. The zero-order valence-electron chi connectivity index (χ0n) is 8.71. The first-order valence-corrected chi connectivity index (χ1v) is 6.65. The Morgan fingerprint density at radius 3 is 2.39 bits per heavy atom. The summed E-state index contributed by atoms with van der Waals surface area (Å²) in [5.41, 5.74) is 5.95. The third-order valence-corrected chi connectivity index (χ3v) is 3.49. The number of benzene rings is 1. The van der Waals surface area contributed by atoms with Crippen LogP contribution in [-0.2, 0) is 0 Å². The van der Waals surface area contributed by atoms with Crippen molar-refractivity contribution >= 4 is 62.9 Å². The number of anilines is 2. The second-order valence-electron chi connectivity index (χ2n) is 3.27. The largest absolute Gasteiger partial charge is 0.375 e. The monoisotopic (exact) mass is 321 g/mol. The van der Waals surface area contributed by atoms with E-state index in [1.165, 1.54) is 23.5 Å². The number of rotatable bonds is 2. The van der Waals surface area contributed by atoms with Crippen LogP contribution in [-0.4, -0.2) is 10.9 Å². The Balaban J connectivity index is 2.27. The number of hydrogen-bond acceptors (Lipinski definition) is 4. The number of nitrogens with zero attached hydrogens (tertiary/aromatic N) is 1. The number of nitrogen functional groups attached to an aromatic ring is 1. The second-order valence-corrected chi connectivity index (χ2v) is 5.41. The van der Waals surface area contributed by atoms with Gasteiger partial charge in [-0.05, 0) is 12.1 Å². The third-order valence-electron chi connectivity index (χ3n) is 2.00. The maximum absolute atomic E-state index is 11.8. The van der Waals surface area contributed by atoms with Crippen LogP contribution in [0.1, 0.15) is 10.5 Å². The quantitative estimate of drug-likeness (QED) is 0.880. The molecule has 1 aromatic carbocycles. The third kappa shape index (κ3) is 2.87. The van der Waals surface area contributed by atoms with Crippen molar-refractivity contribution in [3.05, 3.63) is 38.3 Å². The van der Waals surface area contributed by atoms with Gasteiger partial charge in [0.15, 0.2) is 5.13 Å². The standard InChI is InChI=1S/C10H6Cl3N3OS/c11-4-1-5(12)8(6(13)2-4)16-9(17)7-3-18-10(14)15-7/h1-3H,(H2,14,15)(H,16,17). The Bertz CT molecular complexity index is 591. The van der Waals surface area contributed by atoms with Gasteiger partial charge in [-0.2, -0.15) is 0 Å². The van der Waals surface area contributed by atoms with Gasteiger partial charge in [-0.1, -0.05) is 34.8 Å². The lowest BCUT2D eigenvalue weighted by Gasteiger charge is -2.08. The Labute approximate surface area is 122 Å². The van der Waals surface area contributed by atoms with E-state index in [0.717, 1.165) is 0 Å². The topological polar surface area (TPSA) is 68.0 Å². The van der Waals surface area contributed by atoms with Crippen LogP contribution in [0.5, 0.6) is 0 Å². The molecule has 8 heteroatoms. The zero-order valence-corrected chi connectivity index (χ0v) is 11.8. The summed E-state index contributed by atoms with van der Waals surface area (Å²) in [6.07, 6.45) is 0. The first kappa shape index (κ1) is 13.4. The Kier molecular flexibility index (Phi) is 3.97. The number of aromatic nitrogens is 1. The molecule has 0 atom stereocenters. The summed E-state index contributed by atoms with van der Waals surface area (Å²) >= 11 is 18.8. The highest BCUT2D eigenvalue weighted by atomic mass is 35.5. The van der Waals surface area contributed by atoms with Crippen molar-refractivity contribution in [2.24, 2.45) is 0 Å². The van der Waals surface area contributed by atoms with Gasteiger partial charge in [0.05, 0.1) is 15.7 Å². The molecule has 0 aliphatic carbocycles. The molecule has 0 fully saturated rings. The smallest absolute Gasteiger partial charge is 0.275 e. The average molecular weight is 323 g/mol. The fourth-order valence-corrected chi connectivity index (χ4v) is 2.69. The zero-order chi connectivity index (χ0) is 13.3. The molecule has 0 aliphatic rings. The summed E-state index contributed by atoms with van der Waals surface area (Å²) in [4.78, 5) is 15.7. The lowest BCUT2D eigenvalue weighted by molar-refractivity contribution is 0.102. The Hall–Kier alpha value is -1.01. The van der Waals surface area contributed by atoms with Crippen molar-refractivity contribution in [2.45, 2.75) is 0 Å². The van der Waals surface area contributed by atoms with Gasteiger partial charge in [0.2, 0.25) is 0 Å². The van der Waals surface area contributed by atoms with Crippen LogP contribution in [0.25, 0.3) is 0 Å². The summed E-state index contributed by atoms with van der Waals surface area (Å²) in [5.74, 6) is -0.436. The molecule has 2 rings (SSSR count). The Morgan fingerprint density at radius 2 is 1.89 bits per heavy atom. The van der Waals surface area contributed by atoms with Crippen LogP contribution >= 0.6 is 46.1 Å². The van der Waals surface area contributed by atoms with Crippen LogP contribution in [0.15, 0.2) is 17.5 Å². The molecule has 0 aliphatic heterocycles. The van der Waals surface area contributed by atoms with Crippen molar-refractivity contribution < 1.29 is 4.79 Å². The molecule has 0 unspecified atom stereocenters. The number of carbonyl (C=O) groups excluding carboxylic acids is 1. The van der Waals surface area contributed by atoms with Gasteiger partial charge in [0, 0.05) is 10.4 Å². The molecule has 0 radical (unpaired) electrons. The van der Waals surface area contributed by atoms with Gasteiger partial charge in [-0.25, -0.2) is 4.98 Å². The summed E-state index contributed by atoms with van der Waals surface area (Å²) in [7, 11) is 0. The molecular weight excluding hydrogens is 317 g/mol. The minimum Gasteiger partial charge on any atom is -0.375 e. The number of nitrogens with two attached hydrogens (primary N) is 1. The van der Waals surface area contributed by atoms with E-state index in [2.05, 4.69) is 10.3 Å². The molecule has 4 nitrogen and oxygen atoms in total. The first-order chi connectivity index (χ1) is 8.47. The van der Waals surface area contributed by atoms with Gasteiger partial charge < -0.3 is 11.1 Å². The van der Waals surface area contributed by atoms with Crippen molar-refractivity contribution in [3.8, 4) is 0 Å². The highest BCUT2D eigenvalue weighted by Crippen LogP contribution is 2.33. The van der Waals surface area contributed by atoms with E-state index in [-0.39, 0.29) is 15.7 Å². The summed E-state index contributed by atoms with van der Waals surface area (Å²) in [6, 6.07) is 2.97. The van der Waals surface area contributed by atoms with E-state index < -0.39 is 5.91 Å². The number of thiazole rings is 1. The van der Waals surface area contributed by atoms with Crippen LogP contribution in [0.3, 0.4) is 0 Å². The molecule has 3 N–H and O–H groups in total. The predicted molar refractivity (Wildman–Crippen MR) is 76.0 cm³/mol. The molecule has 1 aromatic heterocycles. The van der Waals surface area contributed by atoms with E-state index in [1.54, 1.807) is 5.38 Å².